The molecule has 2 N–H and O–H groups in total. The molecule has 3 rings (SSSR count). The van der Waals surface area contributed by atoms with Gasteiger partial charge in [0, 0.05) is 18.9 Å². The minimum atomic E-state index is 0.0494. The number of thiophene rings is 1. The Hall–Kier alpha value is -1.65. The van der Waals surface area contributed by atoms with Crippen LogP contribution in [0, 0.1) is 0 Å². The summed E-state index contributed by atoms with van der Waals surface area (Å²) in [5, 5.41) is 5.12. The molecule has 1 amide bonds. The Morgan fingerprint density at radius 1 is 1.29 bits per heavy atom. The molecule has 1 aromatic heterocycles. The smallest absolute Gasteiger partial charge is 0.217 e. The molecule has 1 aliphatic heterocycles. The standard InChI is InChI=1S/C17H20N2OS/c1-13(20)18-11-16(17-7-4-10-21-17)19-9-8-14-5-2-3-6-15(14)12-19/h2-7,10,16H,8-9,11-12H2,1H3,(H,18,20)/p+1/t16-/m1/s1. The fourth-order valence-electron chi connectivity index (χ4n) is 3.08. The van der Waals surface area contributed by atoms with Crippen molar-refractivity contribution >= 4 is 17.2 Å². The highest BCUT2D eigenvalue weighted by molar-refractivity contribution is 7.10. The third kappa shape index (κ3) is 3.34. The molecule has 2 atom stereocenters. The highest BCUT2D eigenvalue weighted by Crippen LogP contribution is 2.18. The second-order valence-electron chi connectivity index (χ2n) is 5.61. The van der Waals surface area contributed by atoms with Crippen LogP contribution in [0.5, 0.6) is 0 Å². The SMILES string of the molecule is CC(=O)NC[C@H](c1cccs1)[NH+]1CCc2ccccc2C1. The molecule has 0 saturated carbocycles. The van der Waals surface area contributed by atoms with Gasteiger partial charge in [0.05, 0.1) is 18.0 Å². The molecule has 4 heteroatoms. The predicted octanol–water partition coefficient (Wildman–Crippen LogP) is 1.57. The summed E-state index contributed by atoms with van der Waals surface area (Å²) in [5.74, 6) is 0.0494. The number of rotatable bonds is 4. The molecule has 2 aromatic rings. The van der Waals surface area contributed by atoms with Gasteiger partial charge < -0.3 is 10.2 Å². The molecular weight excluding hydrogens is 280 g/mol. The third-order valence-corrected chi connectivity index (χ3v) is 5.17. The Bertz CT molecular complexity index is 609. The highest BCUT2D eigenvalue weighted by atomic mass is 32.1. The first-order valence-electron chi connectivity index (χ1n) is 7.43. The van der Waals surface area contributed by atoms with Gasteiger partial charge in [0.25, 0.3) is 0 Å². The zero-order valence-corrected chi connectivity index (χ0v) is 13.1. The summed E-state index contributed by atoms with van der Waals surface area (Å²) in [5.41, 5.74) is 2.92. The second-order valence-corrected chi connectivity index (χ2v) is 6.59. The van der Waals surface area contributed by atoms with Gasteiger partial charge in [-0.15, -0.1) is 11.3 Å². The van der Waals surface area contributed by atoms with E-state index in [2.05, 4.69) is 47.1 Å². The van der Waals surface area contributed by atoms with Crippen LogP contribution >= 0.6 is 11.3 Å². The lowest BCUT2D eigenvalue weighted by Crippen LogP contribution is -3.12. The van der Waals surface area contributed by atoms with Crippen molar-refractivity contribution in [3.63, 3.8) is 0 Å². The lowest BCUT2D eigenvalue weighted by molar-refractivity contribution is -0.945. The number of hydrogen-bond acceptors (Lipinski definition) is 2. The van der Waals surface area contributed by atoms with Crippen molar-refractivity contribution < 1.29 is 9.69 Å². The number of benzene rings is 1. The minimum absolute atomic E-state index is 0.0494. The third-order valence-electron chi connectivity index (χ3n) is 4.19. The quantitative estimate of drug-likeness (QED) is 0.883. The molecule has 0 radical (unpaired) electrons. The van der Waals surface area contributed by atoms with Gasteiger partial charge in [0.1, 0.15) is 12.6 Å². The van der Waals surface area contributed by atoms with Crippen LogP contribution < -0.4 is 10.2 Å². The molecule has 0 aliphatic carbocycles. The maximum atomic E-state index is 11.3. The van der Waals surface area contributed by atoms with Gasteiger partial charge in [-0.1, -0.05) is 30.3 Å². The van der Waals surface area contributed by atoms with Crippen LogP contribution in [0.1, 0.15) is 29.0 Å². The summed E-state index contributed by atoms with van der Waals surface area (Å²) in [7, 11) is 0. The Kier molecular flexibility index (Phi) is 4.36. The van der Waals surface area contributed by atoms with Gasteiger partial charge >= 0.3 is 0 Å². The Labute approximate surface area is 129 Å². The van der Waals surface area contributed by atoms with Crippen molar-refractivity contribution in [2.75, 3.05) is 13.1 Å². The van der Waals surface area contributed by atoms with Crippen molar-refractivity contribution in [1.29, 1.82) is 0 Å². The van der Waals surface area contributed by atoms with E-state index in [-0.39, 0.29) is 5.91 Å². The average Bonchev–Trinajstić information content (AvgIpc) is 3.01. The Morgan fingerprint density at radius 3 is 2.81 bits per heavy atom. The summed E-state index contributed by atoms with van der Waals surface area (Å²) >= 11 is 1.79. The normalized spacial score (nSPS) is 18.8. The van der Waals surface area contributed by atoms with Crippen molar-refractivity contribution in [3.8, 4) is 0 Å². The fraction of sp³-hybridized carbons (Fsp3) is 0.353. The van der Waals surface area contributed by atoms with Crippen LogP contribution in [0.3, 0.4) is 0 Å². The summed E-state index contributed by atoms with van der Waals surface area (Å²) in [6, 6.07) is 13.3. The van der Waals surface area contributed by atoms with E-state index < -0.39 is 0 Å². The first kappa shape index (κ1) is 14.3. The summed E-state index contributed by atoms with van der Waals surface area (Å²) in [4.78, 5) is 14.2. The molecule has 0 bridgehead atoms. The molecule has 1 aliphatic rings. The lowest BCUT2D eigenvalue weighted by atomic mass is 9.98. The molecular formula is C17H21N2OS+. The van der Waals surface area contributed by atoms with E-state index in [0.29, 0.717) is 12.6 Å². The van der Waals surface area contributed by atoms with Gasteiger partial charge in [0.2, 0.25) is 5.91 Å². The largest absolute Gasteiger partial charge is 0.350 e. The van der Waals surface area contributed by atoms with Crippen LogP contribution in [-0.2, 0) is 17.8 Å². The Balaban J connectivity index is 1.79. The van der Waals surface area contributed by atoms with E-state index >= 15 is 0 Å². The topological polar surface area (TPSA) is 33.5 Å². The summed E-state index contributed by atoms with van der Waals surface area (Å²) in [6.45, 7) is 4.47. The van der Waals surface area contributed by atoms with Crippen LogP contribution in [0.2, 0.25) is 0 Å². The van der Waals surface area contributed by atoms with Crippen molar-refractivity contribution in [2.24, 2.45) is 0 Å². The van der Waals surface area contributed by atoms with E-state index in [0.717, 1.165) is 19.5 Å². The van der Waals surface area contributed by atoms with E-state index in [1.54, 1.807) is 23.2 Å². The van der Waals surface area contributed by atoms with Gasteiger partial charge in [-0.05, 0) is 17.0 Å². The predicted molar refractivity (Wildman–Crippen MR) is 85.4 cm³/mol. The minimum Gasteiger partial charge on any atom is -0.350 e. The molecule has 2 heterocycles. The zero-order chi connectivity index (χ0) is 14.7. The molecule has 0 fully saturated rings. The fourth-order valence-corrected chi connectivity index (χ4v) is 3.97. The van der Waals surface area contributed by atoms with Gasteiger partial charge in [-0.3, -0.25) is 4.79 Å². The maximum Gasteiger partial charge on any atom is 0.217 e. The number of amides is 1. The molecule has 1 aromatic carbocycles. The first-order valence-corrected chi connectivity index (χ1v) is 8.31. The van der Waals surface area contributed by atoms with E-state index in [9.17, 15) is 4.79 Å². The molecule has 0 saturated heterocycles. The maximum absolute atomic E-state index is 11.3. The average molecular weight is 301 g/mol. The zero-order valence-electron chi connectivity index (χ0n) is 12.3. The number of carbonyl (C=O) groups excluding carboxylic acids is 1. The van der Waals surface area contributed by atoms with E-state index in [4.69, 9.17) is 0 Å². The van der Waals surface area contributed by atoms with Gasteiger partial charge in [-0.25, -0.2) is 0 Å². The molecule has 110 valence electrons. The van der Waals surface area contributed by atoms with Gasteiger partial charge in [-0.2, -0.15) is 0 Å². The Morgan fingerprint density at radius 2 is 2.10 bits per heavy atom. The van der Waals surface area contributed by atoms with E-state index in [1.165, 1.54) is 16.0 Å². The molecule has 1 unspecified atom stereocenters. The van der Waals surface area contributed by atoms with Crippen molar-refractivity contribution in [3.05, 3.63) is 57.8 Å². The monoisotopic (exact) mass is 301 g/mol. The van der Waals surface area contributed by atoms with E-state index in [1.807, 2.05) is 0 Å². The first-order chi connectivity index (χ1) is 10.2. The van der Waals surface area contributed by atoms with Crippen LogP contribution in [0.15, 0.2) is 41.8 Å². The number of carbonyl (C=O) groups is 1. The number of quaternary nitrogens is 1. The van der Waals surface area contributed by atoms with Gasteiger partial charge in [0.15, 0.2) is 0 Å². The summed E-state index contributed by atoms with van der Waals surface area (Å²) in [6.07, 6.45) is 1.12. The van der Waals surface area contributed by atoms with Crippen molar-refractivity contribution in [2.45, 2.75) is 25.9 Å². The van der Waals surface area contributed by atoms with Crippen LogP contribution in [0.25, 0.3) is 0 Å². The van der Waals surface area contributed by atoms with Crippen molar-refractivity contribution in [1.82, 2.24) is 5.32 Å². The number of hydrogen-bond donors (Lipinski definition) is 2. The van der Waals surface area contributed by atoms with Crippen LogP contribution in [0.4, 0.5) is 0 Å². The second kappa shape index (κ2) is 6.41. The number of nitrogens with one attached hydrogen (secondary N) is 2. The highest BCUT2D eigenvalue weighted by Gasteiger charge is 2.29. The molecule has 3 nitrogen and oxygen atoms in total. The van der Waals surface area contributed by atoms with Crippen LogP contribution in [-0.4, -0.2) is 19.0 Å². The lowest BCUT2D eigenvalue weighted by Gasteiger charge is -2.32. The molecule has 21 heavy (non-hydrogen) atoms. The molecule has 0 spiro atoms. The number of fused-ring (bicyclic) bond motifs is 1. The summed E-state index contributed by atoms with van der Waals surface area (Å²) < 4.78 is 0.